The first-order valence-electron chi connectivity index (χ1n) is 10.8. The highest BCUT2D eigenvalue weighted by Gasteiger charge is 2.31. The van der Waals surface area contributed by atoms with Crippen molar-refractivity contribution < 1.29 is 14.3 Å². The van der Waals surface area contributed by atoms with Crippen molar-refractivity contribution in [1.29, 1.82) is 0 Å². The van der Waals surface area contributed by atoms with Gasteiger partial charge in [-0.25, -0.2) is 14.6 Å². The van der Waals surface area contributed by atoms with Crippen LogP contribution >= 0.6 is 11.3 Å². The van der Waals surface area contributed by atoms with Crippen molar-refractivity contribution in [3.63, 3.8) is 0 Å². The molecular formula is C23H27N5O3S. The molecule has 1 amide bonds. The van der Waals surface area contributed by atoms with Crippen molar-refractivity contribution >= 4 is 23.2 Å². The summed E-state index contributed by atoms with van der Waals surface area (Å²) in [6.07, 6.45) is 4.78. The Morgan fingerprint density at radius 3 is 2.81 bits per heavy atom. The molecule has 8 nitrogen and oxygen atoms in total. The molecule has 1 aliphatic heterocycles. The van der Waals surface area contributed by atoms with Crippen molar-refractivity contribution in [2.45, 2.75) is 40.5 Å². The maximum Gasteiger partial charge on any atom is 0.310 e. The Morgan fingerprint density at radius 1 is 1.28 bits per heavy atom. The molecule has 1 aliphatic rings. The molecule has 1 fully saturated rings. The molecule has 3 aromatic heterocycles. The van der Waals surface area contributed by atoms with E-state index in [9.17, 15) is 9.59 Å². The number of ether oxygens (including phenoxy) is 1. The molecular weight excluding hydrogens is 426 g/mol. The fraction of sp³-hybridized carbons (Fsp3) is 0.435. The molecule has 9 heteroatoms. The highest BCUT2D eigenvalue weighted by molar-refractivity contribution is 7.12. The van der Waals surface area contributed by atoms with Crippen molar-refractivity contribution in [2.24, 2.45) is 5.92 Å². The maximum absolute atomic E-state index is 13.2. The van der Waals surface area contributed by atoms with Crippen LogP contribution in [-0.2, 0) is 9.53 Å². The number of carbonyl (C=O) groups is 2. The van der Waals surface area contributed by atoms with E-state index in [0.29, 0.717) is 36.9 Å². The molecule has 168 valence electrons. The number of nitrogens with zero attached hydrogens (tertiary/aromatic N) is 5. The number of aromatic nitrogens is 4. The van der Waals surface area contributed by atoms with Gasteiger partial charge in [-0.2, -0.15) is 5.10 Å². The topological polar surface area (TPSA) is 90.2 Å². The smallest absolute Gasteiger partial charge is 0.310 e. The third-order valence-electron chi connectivity index (χ3n) is 5.72. The fourth-order valence-corrected chi connectivity index (χ4v) is 5.02. The first-order chi connectivity index (χ1) is 15.4. The van der Waals surface area contributed by atoms with Crippen LogP contribution in [0.3, 0.4) is 0 Å². The molecule has 32 heavy (non-hydrogen) atoms. The molecule has 1 atom stereocenters. The molecule has 0 bridgehead atoms. The number of carbonyl (C=O) groups excluding carboxylic acids is 2. The number of rotatable bonds is 5. The predicted molar refractivity (Wildman–Crippen MR) is 122 cm³/mol. The molecule has 0 aliphatic carbocycles. The lowest BCUT2D eigenvalue weighted by atomic mass is 9.97. The van der Waals surface area contributed by atoms with Gasteiger partial charge in [0.1, 0.15) is 0 Å². The highest BCUT2D eigenvalue weighted by atomic mass is 32.1. The highest BCUT2D eigenvalue weighted by Crippen LogP contribution is 2.29. The molecule has 0 saturated carbocycles. The van der Waals surface area contributed by atoms with Crippen LogP contribution in [0.1, 0.15) is 45.6 Å². The van der Waals surface area contributed by atoms with Gasteiger partial charge in [-0.3, -0.25) is 9.59 Å². The lowest BCUT2D eigenvalue weighted by Gasteiger charge is -2.31. The van der Waals surface area contributed by atoms with Gasteiger partial charge in [-0.05, 0) is 52.7 Å². The Kier molecular flexibility index (Phi) is 6.36. The second-order valence-corrected chi connectivity index (χ2v) is 9.43. The van der Waals surface area contributed by atoms with Gasteiger partial charge in [-0.1, -0.05) is 0 Å². The summed E-state index contributed by atoms with van der Waals surface area (Å²) < 4.78 is 6.74. The number of piperidine rings is 1. The zero-order valence-electron chi connectivity index (χ0n) is 18.8. The first kappa shape index (κ1) is 22.1. The quantitative estimate of drug-likeness (QED) is 0.547. The standard InChI is InChI=1S/C23H27N5O3S/c1-5-31-22(30)17-7-6-10-27(13-17)21(29)19-12-25-28(15(19)3)23-24-9-8-20(26-23)18-11-14(2)32-16(18)4/h8-9,11-12,17H,5-7,10,13H2,1-4H3/t17-/m0/s1. The Bertz CT molecular complexity index is 1150. The first-order valence-corrected chi connectivity index (χ1v) is 11.6. The summed E-state index contributed by atoms with van der Waals surface area (Å²) >= 11 is 1.73. The number of thiophene rings is 1. The van der Waals surface area contributed by atoms with Gasteiger partial charge in [0.05, 0.1) is 35.7 Å². The molecule has 3 aromatic rings. The fourth-order valence-electron chi connectivity index (χ4n) is 4.09. The van der Waals surface area contributed by atoms with E-state index in [1.54, 1.807) is 40.2 Å². The van der Waals surface area contributed by atoms with E-state index in [1.807, 2.05) is 13.0 Å². The van der Waals surface area contributed by atoms with Gasteiger partial charge >= 0.3 is 5.97 Å². The average molecular weight is 454 g/mol. The monoisotopic (exact) mass is 453 g/mol. The number of likely N-dealkylation sites (tertiary alicyclic amines) is 1. The summed E-state index contributed by atoms with van der Waals surface area (Å²) in [6.45, 7) is 9.10. The molecule has 4 rings (SSSR count). The van der Waals surface area contributed by atoms with Crippen LogP contribution in [-0.4, -0.2) is 56.2 Å². The van der Waals surface area contributed by atoms with Crippen LogP contribution in [0, 0.1) is 26.7 Å². The summed E-state index contributed by atoms with van der Waals surface area (Å²) in [5, 5.41) is 4.40. The normalized spacial score (nSPS) is 16.2. The minimum Gasteiger partial charge on any atom is -0.466 e. The number of amides is 1. The van der Waals surface area contributed by atoms with Gasteiger partial charge in [0.25, 0.3) is 11.9 Å². The van der Waals surface area contributed by atoms with E-state index in [0.717, 1.165) is 24.1 Å². The van der Waals surface area contributed by atoms with Crippen LogP contribution in [0.5, 0.6) is 0 Å². The van der Waals surface area contributed by atoms with Crippen LogP contribution in [0.25, 0.3) is 17.2 Å². The van der Waals surface area contributed by atoms with E-state index in [-0.39, 0.29) is 17.8 Å². The number of esters is 1. The van der Waals surface area contributed by atoms with Crippen LogP contribution in [0.2, 0.25) is 0 Å². The Labute approximate surface area is 191 Å². The van der Waals surface area contributed by atoms with E-state index >= 15 is 0 Å². The zero-order chi connectivity index (χ0) is 22.8. The Hall–Kier alpha value is -3.07. The minimum absolute atomic E-state index is 0.136. The van der Waals surface area contributed by atoms with E-state index in [4.69, 9.17) is 9.72 Å². The second-order valence-electron chi connectivity index (χ2n) is 7.97. The summed E-state index contributed by atoms with van der Waals surface area (Å²) in [6, 6.07) is 4.00. The van der Waals surface area contributed by atoms with Gasteiger partial charge in [0.15, 0.2) is 0 Å². The Balaban J connectivity index is 1.57. The third-order valence-corrected chi connectivity index (χ3v) is 6.68. The maximum atomic E-state index is 13.2. The number of hydrogen-bond donors (Lipinski definition) is 0. The zero-order valence-corrected chi connectivity index (χ0v) is 19.6. The lowest BCUT2D eigenvalue weighted by Crippen LogP contribution is -2.43. The molecule has 4 heterocycles. The van der Waals surface area contributed by atoms with Crippen molar-refractivity contribution in [3.8, 4) is 17.2 Å². The van der Waals surface area contributed by atoms with E-state index in [2.05, 4.69) is 30.0 Å². The molecule has 0 N–H and O–H groups in total. The van der Waals surface area contributed by atoms with Gasteiger partial charge in [0, 0.05) is 34.6 Å². The number of aryl methyl sites for hydroxylation is 2. The lowest BCUT2D eigenvalue weighted by molar-refractivity contribution is -0.149. The van der Waals surface area contributed by atoms with Gasteiger partial charge in [-0.15, -0.1) is 11.3 Å². The SMILES string of the molecule is CCOC(=O)[C@H]1CCCN(C(=O)c2cnn(-c3nccc(-c4cc(C)sc4C)n3)c2C)C1. The summed E-state index contributed by atoms with van der Waals surface area (Å²) in [5.41, 5.74) is 3.07. The van der Waals surface area contributed by atoms with Gasteiger partial charge in [0.2, 0.25) is 0 Å². The molecule has 0 aromatic carbocycles. The third kappa shape index (κ3) is 4.29. The largest absolute Gasteiger partial charge is 0.466 e. The van der Waals surface area contributed by atoms with E-state index < -0.39 is 0 Å². The minimum atomic E-state index is -0.277. The number of hydrogen-bond acceptors (Lipinski definition) is 7. The second kappa shape index (κ2) is 9.20. The van der Waals surface area contributed by atoms with Crippen molar-refractivity contribution in [3.05, 3.63) is 45.5 Å². The van der Waals surface area contributed by atoms with Crippen molar-refractivity contribution in [2.75, 3.05) is 19.7 Å². The average Bonchev–Trinajstić information content (AvgIpc) is 3.34. The van der Waals surface area contributed by atoms with Crippen LogP contribution in [0.4, 0.5) is 0 Å². The summed E-state index contributed by atoms with van der Waals surface area (Å²) in [4.78, 5) is 38.6. The van der Waals surface area contributed by atoms with Gasteiger partial charge < -0.3 is 9.64 Å². The molecule has 1 saturated heterocycles. The molecule has 0 unspecified atom stereocenters. The summed E-state index contributed by atoms with van der Waals surface area (Å²) in [5.74, 6) is -0.226. The predicted octanol–water partition coefficient (Wildman–Crippen LogP) is 3.73. The van der Waals surface area contributed by atoms with Crippen molar-refractivity contribution in [1.82, 2.24) is 24.6 Å². The molecule has 0 radical (unpaired) electrons. The van der Waals surface area contributed by atoms with E-state index in [1.165, 1.54) is 9.75 Å². The summed E-state index contributed by atoms with van der Waals surface area (Å²) in [7, 11) is 0. The molecule has 0 spiro atoms. The van der Waals surface area contributed by atoms with Crippen LogP contribution in [0.15, 0.2) is 24.5 Å². The van der Waals surface area contributed by atoms with Crippen LogP contribution < -0.4 is 0 Å². The Morgan fingerprint density at radius 2 is 2.09 bits per heavy atom.